The fourth-order valence-corrected chi connectivity index (χ4v) is 2.05. The van der Waals surface area contributed by atoms with Gasteiger partial charge in [-0.2, -0.15) is 0 Å². The van der Waals surface area contributed by atoms with E-state index in [0.29, 0.717) is 11.8 Å². The van der Waals surface area contributed by atoms with Gasteiger partial charge in [-0.25, -0.2) is 0 Å². The molecule has 1 aromatic heterocycles. The SMILES string of the molecule is CC1C(O)CCC1c1ccco1. The predicted octanol–water partition coefficient (Wildman–Crippen LogP) is 2.15. The summed E-state index contributed by atoms with van der Waals surface area (Å²) in [6.07, 6.45) is 3.52. The van der Waals surface area contributed by atoms with Crippen LogP contribution in [0, 0.1) is 5.92 Å². The van der Waals surface area contributed by atoms with Crippen LogP contribution in [0.3, 0.4) is 0 Å². The summed E-state index contributed by atoms with van der Waals surface area (Å²) < 4.78 is 5.33. The van der Waals surface area contributed by atoms with Crippen molar-refractivity contribution >= 4 is 0 Å². The summed E-state index contributed by atoms with van der Waals surface area (Å²) in [5, 5.41) is 9.53. The first-order chi connectivity index (χ1) is 5.79. The van der Waals surface area contributed by atoms with Crippen molar-refractivity contribution in [3.63, 3.8) is 0 Å². The first-order valence-electron chi connectivity index (χ1n) is 4.50. The van der Waals surface area contributed by atoms with Crippen molar-refractivity contribution in [3.8, 4) is 0 Å². The molecule has 1 aromatic rings. The van der Waals surface area contributed by atoms with Gasteiger partial charge < -0.3 is 9.52 Å². The van der Waals surface area contributed by atoms with E-state index in [-0.39, 0.29) is 6.10 Å². The molecule has 2 nitrogen and oxygen atoms in total. The zero-order valence-electron chi connectivity index (χ0n) is 7.23. The summed E-state index contributed by atoms with van der Waals surface area (Å²) in [5.74, 6) is 1.80. The van der Waals surface area contributed by atoms with Crippen LogP contribution in [0.1, 0.15) is 31.4 Å². The van der Waals surface area contributed by atoms with Crippen molar-refractivity contribution in [1.29, 1.82) is 0 Å². The summed E-state index contributed by atoms with van der Waals surface area (Å²) in [6.45, 7) is 2.09. The molecular weight excluding hydrogens is 152 g/mol. The molecule has 1 aliphatic rings. The highest BCUT2D eigenvalue weighted by Gasteiger charge is 2.33. The Morgan fingerprint density at radius 2 is 2.33 bits per heavy atom. The van der Waals surface area contributed by atoms with Gasteiger partial charge in [-0.3, -0.25) is 0 Å². The minimum atomic E-state index is -0.139. The molecule has 0 bridgehead atoms. The maximum absolute atomic E-state index is 9.53. The van der Waals surface area contributed by atoms with Crippen molar-refractivity contribution in [2.75, 3.05) is 0 Å². The molecule has 1 aliphatic carbocycles. The topological polar surface area (TPSA) is 33.4 Å². The lowest BCUT2D eigenvalue weighted by atomic mass is 9.95. The minimum absolute atomic E-state index is 0.139. The highest BCUT2D eigenvalue weighted by atomic mass is 16.3. The standard InChI is InChI=1S/C10H14O2/c1-7-8(4-5-9(7)11)10-3-2-6-12-10/h2-3,6-9,11H,4-5H2,1H3. The molecule has 0 aliphatic heterocycles. The molecule has 0 amide bonds. The number of aliphatic hydroxyl groups excluding tert-OH is 1. The molecule has 1 fully saturated rings. The van der Waals surface area contributed by atoms with Gasteiger partial charge in [-0.15, -0.1) is 0 Å². The van der Waals surface area contributed by atoms with E-state index >= 15 is 0 Å². The molecule has 0 radical (unpaired) electrons. The summed E-state index contributed by atoms with van der Waals surface area (Å²) in [6, 6.07) is 3.91. The fraction of sp³-hybridized carbons (Fsp3) is 0.600. The smallest absolute Gasteiger partial charge is 0.107 e. The quantitative estimate of drug-likeness (QED) is 0.693. The lowest BCUT2D eigenvalue weighted by Gasteiger charge is -2.14. The molecule has 1 saturated carbocycles. The third-order valence-electron chi connectivity index (χ3n) is 2.92. The van der Waals surface area contributed by atoms with Crippen LogP contribution in [-0.2, 0) is 0 Å². The summed E-state index contributed by atoms with van der Waals surface area (Å²) in [5.41, 5.74) is 0. The van der Waals surface area contributed by atoms with Crippen LogP contribution >= 0.6 is 0 Å². The summed E-state index contributed by atoms with van der Waals surface area (Å²) in [7, 11) is 0. The first-order valence-corrected chi connectivity index (χ1v) is 4.50. The molecule has 0 aromatic carbocycles. The lowest BCUT2D eigenvalue weighted by molar-refractivity contribution is 0.134. The number of furan rings is 1. The van der Waals surface area contributed by atoms with E-state index in [2.05, 4.69) is 6.92 Å². The molecule has 1 N–H and O–H groups in total. The molecule has 1 heterocycles. The zero-order valence-corrected chi connectivity index (χ0v) is 7.23. The number of hydrogen-bond acceptors (Lipinski definition) is 2. The van der Waals surface area contributed by atoms with E-state index in [1.807, 2.05) is 12.1 Å². The fourth-order valence-electron chi connectivity index (χ4n) is 2.05. The van der Waals surface area contributed by atoms with Gasteiger partial charge in [0.1, 0.15) is 5.76 Å². The molecular formula is C10H14O2. The number of aliphatic hydroxyl groups is 1. The van der Waals surface area contributed by atoms with E-state index in [9.17, 15) is 5.11 Å². The van der Waals surface area contributed by atoms with Crippen LogP contribution in [0.5, 0.6) is 0 Å². The van der Waals surface area contributed by atoms with Gasteiger partial charge in [0.15, 0.2) is 0 Å². The Bertz CT molecular complexity index is 240. The zero-order chi connectivity index (χ0) is 8.55. The largest absolute Gasteiger partial charge is 0.469 e. The van der Waals surface area contributed by atoms with Crippen LogP contribution in [0.25, 0.3) is 0 Å². The minimum Gasteiger partial charge on any atom is -0.469 e. The Balaban J connectivity index is 2.16. The second-order valence-electron chi connectivity index (χ2n) is 3.63. The molecule has 66 valence electrons. The maximum atomic E-state index is 9.53. The van der Waals surface area contributed by atoms with Crippen LogP contribution < -0.4 is 0 Å². The molecule has 2 rings (SSSR count). The summed E-state index contributed by atoms with van der Waals surface area (Å²) in [4.78, 5) is 0. The normalized spacial score (nSPS) is 35.7. The van der Waals surface area contributed by atoms with Crippen molar-refractivity contribution in [3.05, 3.63) is 24.2 Å². The van der Waals surface area contributed by atoms with E-state index in [1.165, 1.54) is 0 Å². The Labute approximate surface area is 72.2 Å². The van der Waals surface area contributed by atoms with Gasteiger partial charge >= 0.3 is 0 Å². The maximum Gasteiger partial charge on any atom is 0.107 e. The van der Waals surface area contributed by atoms with E-state index < -0.39 is 0 Å². The third-order valence-corrected chi connectivity index (χ3v) is 2.92. The van der Waals surface area contributed by atoms with Crippen LogP contribution in [0.2, 0.25) is 0 Å². The predicted molar refractivity (Wildman–Crippen MR) is 45.9 cm³/mol. The van der Waals surface area contributed by atoms with Gasteiger partial charge in [0.05, 0.1) is 12.4 Å². The average Bonchev–Trinajstić information content (AvgIpc) is 2.64. The Hall–Kier alpha value is -0.760. The Kier molecular flexibility index (Phi) is 1.93. The van der Waals surface area contributed by atoms with Crippen molar-refractivity contribution in [2.45, 2.75) is 31.8 Å². The van der Waals surface area contributed by atoms with Crippen LogP contribution in [0.4, 0.5) is 0 Å². The molecule has 0 spiro atoms. The lowest BCUT2D eigenvalue weighted by Crippen LogP contribution is -2.13. The van der Waals surface area contributed by atoms with E-state index in [4.69, 9.17) is 4.42 Å². The van der Waals surface area contributed by atoms with E-state index in [0.717, 1.165) is 18.6 Å². The highest BCUT2D eigenvalue weighted by Crippen LogP contribution is 2.39. The van der Waals surface area contributed by atoms with Gasteiger partial charge in [-0.05, 0) is 30.9 Å². The number of hydrogen-bond donors (Lipinski definition) is 1. The monoisotopic (exact) mass is 166 g/mol. The number of rotatable bonds is 1. The molecule has 3 atom stereocenters. The van der Waals surface area contributed by atoms with Gasteiger partial charge in [0.25, 0.3) is 0 Å². The van der Waals surface area contributed by atoms with Crippen molar-refractivity contribution in [2.24, 2.45) is 5.92 Å². The molecule has 0 saturated heterocycles. The molecule has 3 unspecified atom stereocenters. The van der Waals surface area contributed by atoms with Gasteiger partial charge in [0.2, 0.25) is 0 Å². The first kappa shape index (κ1) is 7.87. The van der Waals surface area contributed by atoms with Gasteiger partial charge in [-0.1, -0.05) is 6.92 Å². The Morgan fingerprint density at radius 1 is 1.50 bits per heavy atom. The van der Waals surface area contributed by atoms with Gasteiger partial charge in [0, 0.05) is 5.92 Å². The summed E-state index contributed by atoms with van der Waals surface area (Å²) >= 11 is 0. The second kappa shape index (κ2) is 2.94. The highest BCUT2D eigenvalue weighted by molar-refractivity contribution is 5.09. The van der Waals surface area contributed by atoms with Crippen LogP contribution in [-0.4, -0.2) is 11.2 Å². The average molecular weight is 166 g/mol. The third kappa shape index (κ3) is 1.16. The van der Waals surface area contributed by atoms with Crippen molar-refractivity contribution < 1.29 is 9.52 Å². The van der Waals surface area contributed by atoms with E-state index in [1.54, 1.807) is 6.26 Å². The second-order valence-corrected chi connectivity index (χ2v) is 3.63. The molecule has 12 heavy (non-hydrogen) atoms. The molecule has 2 heteroatoms. The van der Waals surface area contributed by atoms with Crippen molar-refractivity contribution in [1.82, 2.24) is 0 Å². The Morgan fingerprint density at radius 3 is 2.83 bits per heavy atom. The van der Waals surface area contributed by atoms with Crippen LogP contribution in [0.15, 0.2) is 22.8 Å².